The van der Waals surface area contributed by atoms with Gasteiger partial charge in [-0.1, -0.05) is 22.0 Å². The number of benzene rings is 1. The highest BCUT2D eigenvalue weighted by Gasteiger charge is 2.07. The number of aryl methyl sites for hydroxylation is 1. The molecule has 0 aliphatic carbocycles. The highest BCUT2D eigenvalue weighted by atomic mass is 79.9. The van der Waals surface area contributed by atoms with Gasteiger partial charge in [0.15, 0.2) is 0 Å². The number of nitriles is 1. The lowest BCUT2D eigenvalue weighted by Crippen LogP contribution is -2.18. The van der Waals surface area contributed by atoms with Gasteiger partial charge in [0.25, 0.3) is 0 Å². The summed E-state index contributed by atoms with van der Waals surface area (Å²) in [7, 11) is 0. The van der Waals surface area contributed by atoms with Gasteiger partial charge in [0.2, 0.25) is 5.43 Å². The summed E-state index contributed by atoms with van der Waals surface area (Å²) in [5.41, 5.74) is 1.66. The first-order valence-electron chi connectivity index (χ1n) is 5.34. The lowest BCUT2D eigenvalue weighted by molar-refractivity contribution is 0.767. The van der Waals surface area contributed by atoms with Crippen LogP contribution in [-0.2, 0) is 6.42 Å². The van der Waals surface area contributed by atoms with Crippen LogP contribution in [-0.4, -0.2) is 9.78 Å². The third-order valence-corrected chi connectivity index (χ3v) is 2.97. The molecule has 0 saturated carbocycles. The van der Waals surface area contributed by atoms with Crippen molar-refractivity contribution >= 4 is 15.9 Å². The normalized spacial score (nSPS) is 10.1. The molecule has 0 aliphatic rings. The SMILES string of the molecule is Cc1cc(=O)c(CC#N)nn1-c1cccc(Br)c1. The number of nitrogens with zero attached hydrogens (tertiary/aromatic N) is 3. The average molecular weight is 304 g/mol. The Kier molecular flexibility index (Phi) is 3.58. The molecule has 1 aromatic carbocycles. The molecule has 4 nitrogen and oxygen atoms in total. The molecule has 0 atom stereocenters. The zero-order valence-corrected chi connectivity index (χ0v) is 11.3. The van der Waals surface area contributed by atoms with E-state index in [0.29, 0.717) is 0 Å². The van der Waals surface area contributed by atoms with Crippen LogP contribution in [0.4, 0.5) is 0 Å². The second-order valence-electron chi connectivity index (χ2n) is 3.82. The molecule has 0 fully saturated rings. The molecule has 2 rings (SSSR count). The molecule has 0 unspecified atom stereocenters. The summed E-state index contributed by atoms with van der Waals surface area (Å²) in [4.78, 5) is 11.6. The number of hydrogen-bond donors (Lipinski definition) is 0. The fraction of sp³-hybridized carbons (Fsp3) is 0.154. The van der Waals surface area contributed by atoms with Gasteiger partial charge in [0.1, 0.15) is 5.69 Å². The monoisotopic (exact) mass is 303 g/mol. The molecule has 1 heterocycles. The maximum absolute atomic E-state index is 11.6. The fourth-order valence-corrected chi connectivity index (χ4v) is 2.04. The van der Waals surface area contributed by atoms with Crippen molar-refractivity contribution in [2.75, 3.05) is 0 Å². The van der Waals surface area contributed by atoms with Crippen LogP contribution in [0.25, 0.3) is 5.69 Å². The highest BCUT2D eigenvalue weighted by molar-refractivity contribution is 9.10. The Morgan fingerprint density at radius 1 is 1.44 bits per heavy atom. The van der Waals surface area contributed by atoms with Crippen molar-refractivity contribution in [1.82, 2.24) is 9.78 Å². The summed E-state index contributed by atoms with van der Waals surface area (Å²) in [5.74, 6) is 0. The maximum Gasteiger partial charge on any atom is 0.204 e. The summed E-state index contributed by atoms with van der Waals surface area (Å²) in [6, 6.07) is 11.1. The van der Waals surface area contributed by atoms with Crippen LogP contribution >= 0.6 is 15.9 Å². The molecule has 0 N–H and O–H groups in total. The van der Waals surface area contributed by atoms with Gasteiger partial charge in [-0.2, -0.15) is 10.4 Å². The Morgan fingerprint density at radius 2 is 2.22 bits per heavy atom. The van der Waals surface area contributed by atoms with Crippen LogP contribution < -0.4 is 5.43 Å². The molecule has 0 aliphatic heterocycles. The molecule has 0 radical (unpaired) electrons. The highest BCUT2D eigenvalue weighted by Crippen LogP contribution is 2.15. The minimum Gasteiger partial charge on any atom is -0.288 e. The van der Waals surface area contributed by atoms with E-state index >= 15 is 0 Å². The zero-order chi connectivity index (χ0) is 13.1. The van der Waals surface area contributed by atoms with Crippen molar-refractivity contribution in [3.63, 3.8) is 0 Å². The summed E-state index contributed by atoms with van der Waals surface area (Å²) in [6.45, 7) is 1.81. The van der Waals surface area contributed by atoms with E-state index in [1.165, 1.54) is 6.07 Å². The van der Waals surface area contributed by atoms with Gasteiger partial charge < -0.3 is 0 Å². The molecule has 18 heavy (non-hydrogen) atoms. The van der Waals surface area contributed by atoms with Crippen molar-refractivity contribution in [3.05, 3.63) is 56.4 Å². The summed E-state index contributed by atoms with van der Waals surface area (Å²) in [5, 5.41) is 12.9. The van der Waals surface area contributed by atoms with E-state index in [9.17, 15) is 4.79 Å². The molecule has 1 aromatic heterocycles. The number of halogens is 1. The van der Waals surface area contributed by atoms with Gasteiger partial charge in [-0.05, 0) is 25.1 Å². The van der Waals surface area contributed by atoms with E-state index in [0.717, 1.165) is 15.9 Å². The summed E-state index contributed by atoms with van der Waals surface area (Å²) < 4.78 is 2.60. The standard InChI is InChI=1S/C13H10BrN3O/c1-9-7-13(18)12(5-6-15)16-17(9)11-4-2-3-10(14)8-11/h2-4,7-8H,5H2,1H3. The average Bonchev–Trinajstić information content (AvgIpc) is 2.33. The van der Waals surface area contributed by atoms with E-state index in [1.54, 1.807) is 4.68 Å². The van der Waals surface area contributed by atoms with Gasteiger partial charge in [-0.25, -0.2) is 4.68 Å². The molecule has 0 spiro atoms. The second-order valence-corrected chi connectivity index (χ2v) is 4.74. The third kappa shape index (κ3) is 2.49. The van der Waals surface area contributed by atoms with Crippen LogP contribution in [0.1, 0.15) is 11.4 Å². The Bertz CT molecular complexity index is 685. The first kappa shape index (κ1) is 12.5. The molecule has 5 heteroatoms. The maximum atomic E-state index is 11.6. The first-order valence-corrected chi connectivity index (χ1v) is 6.14. The quantitative estimate of drug-likeness (QED) is 0.856. The van der Waals surface area contributed by atoms with Crippen LogP contribution in [0.3, 0.4) is 0 Å². The Hall–Kier alpha value is -1.93. The lowest BCUT2D eigenvalue weighted by Gasteiger charge is -2.10. The van der Waals surface area contributed by atoms with Crippen molar-refractivity contribution in [2.45, 2.75) is 13.3 Å². The molecule has 0 bridgehead atoms. The Balaban J connectivity index is 2.61. The van der Waals surface area contributed by atoms with Crippen LogP contribution in [0.2, 0.25) is 0 Å². The van der Waals surface area contributed by atoms with Crippen molar-refractivity contribution in [1.29, 1.82) is 5.26 Å². The minimum atomic E-state index is -0.194. The molecular formula is C13H10BrN3O. The van der Waals surface area contributed by atoms with Gasteiger partial charge in [-0.3, -0.25) is 4.79 Å². The molecule has 0 saturated heterocycles. The van der Waals surface area contributed by atoms with E-state index < -0.39 is 0 Å². The van der Waals surface area contributed by atoms with E-state index in [4.69, 9.17) is 5.26 Å². The van der Waals surface area contributed by atoms with Crippen molar-refractivity contribution in [3.8, 4) is 11.8 Å². The van der Waals surface area contributed by atoms with Crippen LogP contribution in [0.5, 0.6) is 0 Å². The molecular weight excluding hydrogens is 294 g/mol. The topological polar surface area (TPSA) is 58.7 Å². The number of hydrogen-bond acceptors (Lipinski definition) is 3. The Morgan fingerprint density at radius 3 is 2.89 bits per heavy atom. The van der Waals surface area contributed by atoms with Gasteiger partial charge in [0.05, 0.1) is 18.2 Å². The molecule has 90 valence electrons. The van der Waals surface area contributed by atoms with E-state index in [-0.39, 0.29) is 17.5 Å². The van der Waals surface area contributed by atoms with Crippen LogP contribution in [0, 0.1) is 18.3 Å². The van der Waals surface area contributed by atoms with Crippen molar-refractivity contribution in [2.24, 2.45) is 0 Å². The largest absolute Gasteiger partial charge is 0.288 e. The second kappa shape index (κ2) is 5.15. The Labute approximate surface area is 113 Å². The lowest BCUT2D eigenvalue weighted by atomic mass is 10.2. The van der Waals surface area contributed by atoms with Crippen molar-refractivity contribution < 1.29 is 0 Å². The van der Waals surface area contributed by atoms with Gasteiger partial charge >= 0.3 is 0 Å². The van der Waals surface area contributed by atoms with Gasteiger partial charge in [0, 0.05) is 16.2 Å². The number of aromatic nitrogens is 2. The zero-order valence-electron chi connectivity index (χ0n) is 9.72. The molecule has 2 aromatic rings. The summed E-state index contributed by atoms with van der Waals surface area (Å²) in [6.07, 6.45) is 0.0209. The number of rotatable bonds is 2. The molecule has 0 amide bonds. The van der Waals surface area contributed by atoms with E-state index in [2.05, 4.69) is 21.0 Å². The van der Waals surface area contributed by atoms with Gasteiger partial charge in [-0.15, -0.1) is 0 Å². The summed E-state index contributed by atoms with van der Waals surface area (Å²) >= 11 is 3.39. The fourth-order valence-electron chi connectivity index (χ4n) is 1.65. The predicted molar refractivity (Wildman–Crippen MR) is 71.6 cm³/mol. The minimum absolute atomic E-state index is 0.0209. The van der Waals surface area contributed by atoms with E-state index in [1.807, 2.05) is 37.3 Å². The third-order valence-electron chi connectivity index (χ3n) is 2.48. The smallest absolute Gasteiger partial charge is 0.204 e. The predicted octanol–water partition coefficient (Wildman–Crippen LogP) is 2.37. The van der Waals surface area contributed by atoms with Crippen LogP contribution in [0.15, 0.2) is 39.6 Å². The first-order chi connectivity index (χ1) is 8.61.